The molecule has 2 unspecified atom stereocenters. The first-order valence-electron chi connectivity index (χ1n) is 11.0. The van der Waals surface area contributed by atoms with E-state index in [-0.39, 0.29) is 11.9 Å². The Bertz CT molecular complexity index is 965. The Morgan fingerprint density at radius 2 is 1.32 bits per heavy atom. The summed E-state index contributed by atoms with van der Waals surface area (Å²) in [6, 6.07) is 29.2. The van der Waals surface area contributed by atoms with Crippen molar-refractivity contribution in [1.82, 2.24) is 9.80 Å². The highest BCUT2D eigenvalue weighted by Crippen LogP contribution is 2.30. The molecule has 0 saturated carbocycles. The molecular formula is C27H30N2O2. The summed E-state index contributed by atoms with van der Waals surface area (Å²) >= 11 is 0. The predicted molar refractivity (Wildman–Crippen MR) is 124 cm³/mol. The molecule has 1 fully saturated rings. The van der Waals surface area contributed by atoms with Crippen molar-refractivity contribution in [2.24, 2.45) is 0 Å². The molecule has 0 radical (unpaired) electrons. The molecule has 3 aromatic carbocycles. The second-order valence-electron chi connectivity index (χ2n) is 8.16. The van der Waals surface area contributed by atoms with Crippen molar-refractivity contribution in [2.45, 2.75) is 26.0 Å². The number of para-hydroxylation sites is 1. The molecule has 1 amide bonds. The fourth-order valence-corrected chi connectivity index (χ4v) is 4.21. The first-order chi connectivity index (χ1) is 15.1. The number of aryl methyl sites for hydroxylation is 1. The minimum Gasteiger partial charge on any atom is -0.481 e. The van der Waals surface area contributed by atoms with Gasteiger partial charge in [0.05, 0.1) is 6.04 Å². The largest absolute Gasteiger partial charge is 0.481 e. The van der Waals surface area contributed by atoms with Crippen LogP contribution in [0.25, 0.3) is 0 Å². The number of nitrogens with zero attached hydrogens (tertiary/aromatic N) is 2. The molecule has 1 aliphatic heterocycles. The van der Waals surface area contributed by atoms with Crippen LogP contribution in [0.15, 0.2) is 84.9 Å². The van der Waals surface area contributed by atoms with Crippen LogP contribution in [0.4, 0.5) is 0 Å². The zero-order valence-corrected chi connectivity index (χ0v) is 18.3. The average molecular weight is 415 g/mol. The van der Waals surface area contributed by atoms with Gasteiger partial charge in [0.2, 0.25) is 0 Å². The molecule has 1 saturated heterocycles. The zero-order chi connectivity index (χ0) is 21.6. The Morgan fingerprint density at radius 1 is 0.774 bits per heavy atom. The highest BCUT2D eigenvalue weighted by molar-refractivity contribution is 5.81. The molecule has 3 aromatic rings. The Balaban J connectivity index is 1.44. The van der Waals surface area contributed by atoms with Gasteiger partial charge in [-0.1, -0.05) is 78.4 Å². The summed E-state index contributed by atoms with van der Waals surface area (Å²) in [5.74, 6) is 0.778. The predicted octanol–water partition coefficient (Wildman–Crippen LogP) is 4.70. The lowest BCUT2D eigenvalue weighted by molar-refractivity contribution is -0.140. The maximum atomic E-state index is 12.9. The summed E-state index contributed by atoms with van der Waals surface area (Å²) in [7, 11) is 0. The number of carbonyl (C=O) groups excluding carboxylic acids is 1. The van der Waals surface area contributed by atoms with Crippen LogP contribution >= 0.6 is 0 Å². The van der Waals surface area contributed by atoms with Crippen LogP contribution in [0.5, 0.6) is 5.75 Å². The maximum Gasteiger partial charge on any atom is 0.263 e. The monoisotopic (exact) mass is 414 g/mol. The van der Waals surface area contributed by atoms with Crippen molar-refractivity contribution in [3.05, 3.63) is 102 Å². The van der Waals surface area contributed by atoms with Crippen LogP contribution < -0.4 is 4.74 Å². The summed E-state index contributed by atoms with van der Waals surface area (Å²) in [6.07, 6.45) is -0.490. The van der Waals surface area contributed by atoms with Crippen molar-refractivity contribution in [1.29, 1.82) is 0 Å². The highest BCUT2D eigenvalue weighted by atomic mass is 16.5. The van der Waals surface area contributed by atoms with Crippen molar-refractivity contribution in [3.63, 3.8) is 0 Å². The lowest BCUT2D eigenvalue weighted by Crippen LogP contribution is -2.52. The number of ether oxygens (including phenoxy) is 1. The quantitative estimate of drug-likeness (QED) is 0.586. The molecule has 1 heterocycles. The Labute approximate surface area is 185 Å². The molecule has 4 nitrogen and oxygen atoms in total. The number of hydrogen-bond donors (Lipinski definition) is 0. The summed E-state index contributed by atoms with van der Waals surface area (Å²) < 4.78 is 5.85. The summed E-state index contributed by atoms with van der Waals surface area (Å²) in [6.45, 7) is 7.02. The fraction of sp³-hybridized carbons (Fsp3) is 0.296. The summed E-state index contributed by atoms with van der Waals surface area (Å²) in [4.78, 5) is 17.3. The molecule has 2 atom stereocenters. The SMILES string of the molecule is Cc1ccc(C(c2ccccc2)N2CCN(C(=O)C(C)Oc3ccccc3)CC2)cc1. The topological polar surface area (TPSA) is 32.8 Å². The van der Waals surface area contributed by atoms with E-state index in [1.807, 2.05) is 42.2 Å². The molecule has 4 heteroatoms. The molecule has 0 N–H and O–H groups in total. The van der Waals surface area contributed by atoms with Crippen LogP contribution in [-0.2, 0) is 4.79 Å². The summed E-state index contributed by atoms with van der Waals surface area (Å²) in [5, 5.41) is 0. The Morgan fingerprint density at radius 3 is 1.94 bits per heavy atom. The molecule has 4 rings (SSSR count). The van der Waals surface area contributed by atoms with Crippen LogP contribution in [0.2, 0.25) is 0 Å². The third-order valence-electron chi connectivity index (χ3n) is 5.90. The Hall–Kier alpha value is -3.11. The van der Waals surface area contributed by atoms with Gasteiger partial charge in [-0.3, -0.25) is 9.69 Å². The zero-order valence-electron chi connectivity index (χ0n) is 18.3. The number of piperazine rings is 1. The summed E-state index contributed by atoms with van der Waals surface area (Å²) in [5.41, 5.74) is 3.84. The van der Waals surface area contributed by atoms with Crippen LogP contribution in [0.1, 0.15) is 29.7 Å². The number of amides is 1. The van der Waals surface area contributed by atoms with Crippen molar-refractivity contribution < 1.29 is 9.53 Å². The lowest BCUT2D eigenvalue weighted by Gasteiger charge is -2.40. The number of hydrogen-bond acceptors (Lipinski definition) is 3. The first-order valence-corrected chi connectivity index (χ1v) is 11.0. The van der Waals surface area contributed by atoms with E-state index in [4.69, 9.17) is 4.74 Å². The third kappa shape index (κ3) is 5.15. The van der Waals surface area contributed by atoms with E-state index in [1.54, 1.807) is 0 Å². The second-order valence-corrected chi connectivity index (χ2v) is 8.16. The van der Waals surface area contributed by atoms with Gasteiger partial charge < -0.3 is 9.64 Å². The number of carbonyl (C=O) groups is 1. The second kappa shape index (κ2) is 9.80. The first kappa shape index (κ1) is 21.1. The molecule has 0 aliphatic carbocycles. The number of benzene rings is 3. The van der Waals surface area contributed by atoms with Gasteiger partial charge in [-0.25, -0.2) is 0 Å². The van der Waals surface area contributed by atoms with Crippen LogP contribution in [0, 0.1) is 6.92 Å². The van der Waals surface area contributed by atoms with Crippen molar-refractivity contribution >= 4 is 5.91 Å². The highest BCUT2D eigenvalue weighted by Gasteiger charge is 2.30. The van der Waals surface area contributed by atoms with Gasteiger partial charge in [-0.2, -0.15) is 0 Å². The van der Waals surface area contributed by atoms with E-state index in [0.717, 1.165) is 18.8 Å². The maximum absolute atomic E-state index is 12.9. The van der Waals surface area contributed by atoms with E-state index in [0.29, 0.717) is 13.1 Å². The minimum atomic E-state index is -0.490. The van der Waals surface area contributed by atoms with Crippen molar-refractivity contribution in [2.75, 3.05) is 26.2 Å². The van der Waals surface area contributed by atoms with Gasteiger partial charge in [0, 0.05) is 26.2 Å². The van der Waals surface area contributed by atoms with Gasteiger partial charge in [0.1, 0.15) is 5.75 Å². The molecule has 0 spiro atoms. The van der Waals surface area contributed by atoms with E-state index in [9.17, 15) is 4.79 Å². The smallest absolute Gasteiger partial charge is 0.263 e. The van der Waals surface area contributed by atoms with E-state index < -0.39 is 6.10 Å². The molecule has 0 bridgehead atoms. The molecule has 160 valence electrons. The Kier molecular flexibility index (Phi) is 6.68. The molecule has 1 aliphatic rings. The van der Waals surface area contributed by atoms with Gasteiger partial charge in [0.15, 0.2) is 6.10 Å². The minimum absolute atomic E-state index is 0.0510. The molecular weight excluding hydrogens is 384 g/mol. The van der Waals surface area contributed by atoms with Gasteiger partial charge in [-0.05, 0) is 37.1 Å². The van der Waals surface area contributed by atoms with E-state index in [2.05, 4.69) is 66.4 Å². The van der Waals surface area contributed by atoms with Crippen LogP contribution in [0.3, 0.4) is 0 Å². The fourth-order valence-electron chi connectivity index (χ4n) is 4.21. The van der Waals surface area contributed by atoms with Gasteiger partial charge in [0.25, 0.3) is 5.91 Å². The van der Waals surface area contributed by atoms with E-state index >= 15 is 0 Å². The normalized spacial score (nSPS) is 16.5. The molecule has 31 heavy (non-hydrogen) atoms. The standard InChI is InChI=1S/C27H30N2O2/c1-21-13-15-24(16-14-21)26(23-9-5-3-6-10-23)28-17-19-29(20-18-28)27(30)22(2)31-25-11-7-4-8-12-25/h3-16,22,26H,17-20H2,1-2H3. The van der Waals surface area contributed by atoms with Gasteiger partial charge in [-0.15, -0.1) is 0 Å². The lowest BCUT2D eigenvalue weighted by atomic mass is 9.95. The van der Waals surface area contributed by atoms with Gasteiger partial charge >= 0.3 is 0 Å². The van der Waals surface area contributed by atoms with E-state index in [1.165, 1.54) is 16.7 Å². The third-order valence-corrected chi connectivity index (χ3v) is 5.90. The van der Waals surface area contributed by atoms with Crippen LogP contribution in [-0.4, -0.2) is 48.0 Å². The number of rotatable bonds is 6. The average Bonchev–Trinajstić information content (AvgIpc) is 2.82. The van der Waals surface area contributed by atoms with Crippen molar-refractivity contribution in [3.8, 4) is 5.75 Å². The molecule has 0 aromatic heterocycles.